The number of hydrogen-bond acceptors (Lipinski definition) is 6. The molecule has 4 heterocycles. The quantitative estimate of drug-likeness (QED) is 0.390. The first kappa shape index (κ1) is 24.5. The van der Waals surface area contributed by atoms with E-state index in [-0.39, 0.29) is 23.3 Å². The lowest BCUT2D eigenvalue weighted by Gasteiger charge is -2.25. The van der Waals surface area contributed by atoms with Gasteiger partial charge in [0, 0.05) is 19.3 Å². The maximum Gasteiger partial charge on any atom is 0.416 e. The maximum atomic E-state index is 13.4. The van der Waals surface area contributed by atoms with Gasteiger partial charge in [-0.1, -0.05) is 19.1 Å². The second kappa shape index (κ2) is 9.37. The Kier molecular flexibility index (Phi) is 6.21. The second-order valence-corrected chi connectivity index (χ2v) is 9.03. The van der Waals surface area contributed by atoms with Crippen molar-refractivity contribution in [3.63, 3.8) is 0 Å². The molecular weight excluding hydrogens is 489 g/mol. The van der Waals surface area contributed by atoms with Gasteiger partial charge in [0.05, 0.1) is 23.9 Å². The van der Waals surface area contributed by atoms with Gasteiger partial charge >= 0.3 is 6.18 Å². The zero-order valence-corrected chi connectivity index (χ0v) is 20.0. The van der Waals surface area contributed by atoms with Crippen molar-refractivity contribution in [2.45, 2.75) is 51.5 Å². The minimum atomic E-state index is -4.43. The number of nitrogens with zero attached hydrogens (tertiary/aromatic N) is 6. The van der Waals surface area contributed by atoms with E-state index in [0.29, 0.717) is 48.8 Å². The van der Waals surface area contributed by atoms with Gasteiger partial charge < -0.3 is 15.6 Å². The van der Waals surface area contributed by atoms with E-state index in [2.05, 4.69) is 20.1 Å². The van der Waals surface area contributed by atoms with Crippen LogP contribution in [0.4, 0.5) is 19.1 Å². The Labute approximate surface area is 208 Å². The fraction of sp³-hybridized carbons (Fsp3) is 0.375. The zero-order chi connectivity index (χ0) is 26.3. The number of aromatic nitrogens is 6. The maximum absolute atomic E-state index is 13.4. The first-order valence-corrected chi connectivity index (χ1v) is 11.9. The van der Waals surface area contributed by atoms with Crippen LogP contribution in [0.15, 0.2) is 41.5 Å². The molecule has 0 radical (unpaired) electrons. The van der Waals surface area contributed by atoms with Crippen molar-refractivity contribution in [1.29, 1.82) is 0 Å². The van der Waals surface area contributed by atoms with Crippen LogP contribution in [-0.2, 0) is 24.1 Å². The molecule has 1 unspecified atom stereocenters. The molecule has 0 aliphatic carbocycles. The molecule has 5 rings (SSSR count). The first-order chi connectivity index (χ1) is 17.7. The largest absolute Gasteiger partial charge is 0.416 e. The van der Waals surface area contributed by atoms with Gasteiger partial charge in [-0.15, -0.1) is 0 Å². The molecule has 1 amide bonds. The monoisotopic (exact) mass is 514 g/mol. The van der Waals surface area contributed by atoms with Crippen LogP contribution < -0.4 is 16.2 Å². The van der Waals surface area contributed by atoms with Crippen LogP contribution >= 0.6 is 0 Å². The molecule has 10 nitrogen and oxygen atoms in total. The van der Waals surface area contributed by atoms with Crippen LogP contribution in [0.5, 0.6) is 0 Å². The first-order valence-electron chi connectivity index (χ1n) is 11.9. The molecule has 0 bridgehead atoms. The molecule has 13 heteroatoms. The van der Waals surface area contributed by atoms with Gasteiger partial charge in [0.25, 0.3) is 5.56 Å². The highest BCUT2D eigenvalue weighted by molar-refractivity contribution is 5.84. The van der Waals surface area contributed by atoms with Crippen LogP contribution in [0.1, 0.15) is 37.3 Å². The van der Waals surface area contributed by atoms with E-state index in [1.165, 1.54) is 21.5 Å². The Bertz CT molecular complexity index is 1520. The van der Waals surface area contributed by atoms with Crippen LogP contribution in [0.25, 0.3) is 22.6 Å². The van der Waals surface area contributed by atoms with Gasteiger partial charge in [-0.2, -0.15) is 23.3 Å². The lowest BCUT2D eigenvalue weighted by Crippen LogP contribution is -2.43. The summed E-state index contributed by atoms with van der Waals surface area (Å²) >= 11 is 0. The van der Waals surface area contributed by atoms with Crippen molar-refractivity contribution in [1.82, 2.24) is 29.3 Å². The number of aromatic amines is 1. The highest BCUT2D eigenvalue weighted by Crippen LogP contribution is 2.30. The molecule has 1 aromatic carbocycles. The molecule has 194 valence electrons. The standard InChI is InChI=1S/C24H25F3N8O2/c1-2-8-35-22(37)18-21(32-23(35)34-9-4-7-17(34)19(28)36)31-20(30-18)15-11-29-33(13-15)12-14-5-3-6-16(10-14)24(25,26)27/h3,5-6,10-11,13,17H,2,4,7-9,12H2,1H3,(H2,28,36)(H,30,31). The molecule has 1 atom stereocenters. The van der Waals surface area contributed by atoms with E-state index >= 15 is 0 Å². The number of anilines is 1. The van der Waals surface area contributed by atoms with Crippen molar-refractivity contribution in [2.75, 3.05) is 11.4 Å². The number of nitrogens with two attached hydrogens (primary N) is 1. The summed E-state index contributed by atoms with van der Waals surface area (Å²) in [5.41, 5.74) is 5.95. The fourth-order valence-corrected chi connectivity index (χ4v) is 4.66. The molecular formula is C24H25F3N8O2. The molecule has 1 fully saturated rings. The van der Waals surface area contributed by atoms with E-state index in [4.69, 9.17) is 5.73 Å². The summed E-state index contributed by atoms with van der Waals surface area (Å²) in [5, 5.41) is 4.24. The number of amides is 1. The van der Waals surface area contributed by atoms with Gasteiger partial charge in [0.2, 0.25) is 11.9 Å². The average molecular weight is 515 g/mol. The van der Waals surface area contributed by atoms with Crippen molar-refractivity contribution in [3.05, 3.63) is 58.1 Å². The number of nitrogens with one attached hydrogen (secondary N) is 1. The summed E-state index contributed by atoms with van der Waals surface area (Å²) in [4.78, 5) is 39.2. The predicted octanol–water partition coefficient (Wildman–Crippen LogP) is 2.91. The number of carbonyl (C=O) groups excluding carboxylic acids is 1. The topological polar surface area (TPSA) is 128 Å². The lowest BCUT2D eigenvalue weighted by molar-refractivity contribution is -0.137. The van der Waals surface area contributed by atoms with Gasteiger partial charge in [0.15, 0.2) is 11.2 Å². The Morgan fingerprint density at radius 3 is 2.81 bits per heavy atom. The summed E-state index contributed by atoms with van der Waals surface area (Å²) in [6, 6.07) is 4.52. The highest BCUT2D eigenvalue weighted by atomic mass is 19.4. The molecule has 4 aromatic rings. The molecule has 1 saturated heterocycles. The van der Waals surface area contributed by atoms with Gasteiger partial charge in [0.1, 0.15) is 11.9 Å². The number of fused-ring (bicyclic) bond motifs is 1. The minimum Gasteiger partial charge on any atom is -0.368 e. The van der Waals surface area contributed by atoms with E-state index in [1.54, 1.807) is 17.2 Å². The van der Waals surface area contributed by atoms with Crippen LogP contribution in [-0.4, -0.2) is 47.8 Å². The number of primary amides is 1. The van der Waals surface area contributed by atoms with E-state index in [1.807, 2.05) is 6.92 Å². The highest BCUT2D eigenvalue weighted by Gasteiger charge is 2.33. The van der Waals surface area contributed by atoms with Crippen molar-refractivity contribution >= 4 is 23.0 Å². The lowest BCUT2D eigenvalue weighted by atomic mass is 10.1. The van der Waals surface area contributed by atoms with Crippen molar-refractivity contribution in [3.8, 4) is 11.4 Å². The summed E-state index contributed by atoms with van der Waals surface area (Å²) < 4.78 is 42.1. The third kappa shape index (κ3) is 4.68. The van der Waals surface area contributed by atoms with Crippen LogP contribution in [0.3, 0.4) is 0 Å². The molecule has 37 heavy (non-hydrogen) atoms. The van der Waals surface area contributed by atoms with E-state index < -0.39 is 23.7 Å². The number of carbonyl (C=O) groups is 1. The molecule has 0 spiro atoms. The molecule has 0 saturated carbocycles. The summed E-state index contributed by atoms with van der Waals surface area (Å²) in [7, 11) is 0. The summed E-state index contributed by atoms with van der Waals surface area (Å²) in [5.74, 6) is 0.243. The smallest absolute Gasteiger partial charge is 0.368 e. The zero-order valence-electron chi connectivity index (χ0n) is 20.0. The minimum absolute atomic E-state index is 0.124. The Morgan fingerprint density at radius 2 is 2.08 bits per heavy atom. The van der Waals surface area contributed by atoms with E-state index in [9.17, 15) is 22.8 Å². The number of H-pyrrole nitrogens is 1. The Balaban J connectivity index is 1.49. The number of benzene rings is 1. The average Bonchev–Trinajstić information content (AvgIpc) is 3.60. The van der Waals surface area contributed by atoms with Crippen LogP contribution in [0.2, 0.25) is 0 Å². The third-order valence-electron chi connectivity index (χ3n) is 6.38. The Morgan fingerprint density at radius 1 is 1.27 bits per heavy atom. The number of alkyl halides is 3. The molecule has 1 aliphatic rings. The fourth-order valence-electron chi connectivity index (χ4n) is 4.66. The van der Waals surface area contributed by atoms with Gasteiger partial charge in [-0.05, 0) is 37.0 Å². The number of halogens is 3. The van der Waals surface area contributed by atoms with Gasteiger partial charge in [-0.25, -0.2) is 4.98 Å². The Hall–Kier alpha value is -4.16. The predicted molar refractivity (Wildman–Crippen MR) is 130 cm³/mol. The van der Waals surface area contributed by atoms with Gasteiger partial charge in [-0.3, -0.25) is 18.8 Å². The SMILES string of the molecule is CCCn1c(N2CCCC2C(N)=O)nc2nc(-c3cnn(Cc4cccc(C(F)(F)F)c4)c3)[nH]c2c1=O. The van der Waals surface area contributed by atoms with Crippen molar-refractivity contribution < 1.29 is 18.0 Å². The van der Waals surface area contributed by atoms with Crippen LogP contribution in [0, 0.1) is 0 Å². The second-order valence-electron chi connectivity index (χ2n) is 9.03. The molecule has 1 aliphatic heterocycles. The van der Waals surface area contributed by atoms with E-state index in [0.717, 1.165) is 18.6 Å². The normalized spacial score (nSPS) is 16.1. The third-order valence-corrected chi connectivity index (χ3v) is 6.38. The molecule has 3 N–H and O–H groups in total. The summed E-state index contributed by atoms with van der Waals surface area (Å²) in [6.07, 6.45) is 0.741. The number of hydrogen-bond donors (Lipinski definition) is 2. The van der Waals surface area contributed by atoms with Crippen molar-refractivity contribution in [2.24, 2.45) is 5.73 Å². The number of rotatable bonds is 7. The molecule has 3 aromatic heterocycles. The summed E-state index contributed by atoms with van der Waals surface area (Å²) in [6.45, 7) is 3.02. The number of imidazole rings is 1.